The van der Waals surface area contributed by atoms with Crippen LogP contribution in [0.1, 0.15) is 42.9 Å². The predicted molar refractivity (Wildman–Crippen MR) is 98.0 cm³/mol. The molecule has 1 aliphatic heterocycles. The molecule has 1 aliphatic rings. The van der Waals surface area contributed by atoms with E-state index in [1.807, 2.05) is 0 Å². The Bertz CT molecular complexity index is 946. The normalized spacial score (nSPS) is 17.8. The minimum Gasteiger partial charge on any atom is -0.311 e. The summed E-state index contributed by atoms with van der Waals surface area (Å²) >= 11 is 0. The molecule has 8 heteroatoms. The van der Waals surface area contributed by atoms with Crippen molar-refractivity contribution >= 4 is 10.9 Å². The Labute approximate surface area is 159 Å². The molecule has 2 heterocycles. The zero-order chi connectivity index (χ0) is 20.9. The molecule has 1 aromatic carbocycles. The van der Waals surface area contributed by atoms with E-state index >= 15 is 0 Å². The smallest absolute Gasteiger partial charge is 0.311 e. The van der Waals surface area contributed by atoms with Crippen LogP contribution in [0.2, 0.25) is 0 Å². The van der Waals surface area contributed by atoms with E-state index in [1.165, 1.54) is 23.7 Å². The first-order valence-corrected chi connectivity index (χ1v) is 9.23. The molecule has 0 atom stereocenters. The molecular formula is C20H23F5N2O. The van der Waals surface area contributed by atoms with Gasteiger partial charge >= 0.3 is 6.18 Å². The lowest BCUT2D eigenvalue weighted by molar-refractivity contribution is -0.137. The van der Waals surface area contributed by atoms with Gasteiger partial charge in [-0.3, -0.25) is 9.69 Å². The van der Waals surface area contributed by atoms with Crippen LogP contribution in [0, 0.1) is 0 Å². The molecular weight excluding hydrogens is 379 g/mol. The monoisotopic (exact) mass is 402 g/mol. The van der Waals surface area contributed by atoms with Gasteiger partial charge in [0.1, 0.15) is 0 Å². The van der Waals surface area contributed by atoms with Crippen molar-refractivity contribution in [2.24, 2.45) is 7.05 Å². The highest BCUT2D eigenvalue weighted by Gasteiger charge is 2.39. The third-order valence-corrected chi connectivity index (χ3v) is 5.32. The van der Waals surface area contributed by atoms with Gasteiger partial charge in [0, 0.05) is 37.5 Å². The topological polar surface area (TPSA) is 25.2 Å². The molecule has 154 valence electrons. The summed E-state index contributed by atoms with van der Waals surface area (Å²) in [7, 11) is 1.46. The predicted octanol–water partition coefficient (Wildman–Crippen LogP) is 4.56. The fourth-order valence-electron chi connectivity index (χ4n) is 3.90. The van der Waals surface area contributed by atoms with Gasteiger partial charge in [0.2, 0.25) is 0 Å². The van der Waals surface area contributed by atoms with Gasteiger partial charge in [0.15, 0.2) is 0 Å². The second kappa shape index (κ2) is 7.13. The second-order valence-electron chi connectivity index (χ2n) is 7.79. The summed E-state index contributed by atoms with van der Waals surface area (Å²) in [6.07, 6.45) is -4.49. The standard InChI is InChI=1S/C20H23F5N2O/c1-12(2)16-17(20(23,24)25)14-10-13(4-5-15(14)26(3)18(16)28)6-8-27-9-7-19(21,22)11-27/h4-5,10,12H,6-9,11H2,1-3H3. The number of fused-ring (bicyclic) bond motifs is 1. The maximum Gasteiger partial charge on any atom is 0.417 e. The van der Waals surface area contributed by atoms with E-state index in [0.717, 1.165) is 0 Å². The number of alkyl halides is 5. The fourth-order valence-corrected chi connectivity index (χ4v) is 3.90. The van der Waals surface area contributed by atoms with Crippen molar-refractivity contribution < 1.29 is 22.0 Å². The Kier molecular flexibility index (Phi) is 5.29. The second-order valence-corrected chi connectivity index (χ2v) is 7.79. The van der Waals surface area contributed by atoms with Crippen LogP contribution in [0.15, 0.2) is 23.0 Å². The summed E-state index contributed by atoms with van der Waals surface area (Å²) in [4.78, 5) is 14.1. The van der Waals surface area contributed by atoms with Crippen LogP contribution in [0.3, 0.4) is 0 Å². The van der Waals surface area contributed by atoms with Gasteiger partial charge < -0.3 is 4.57 Å². The summed E-state index contributed by atoms with van der Waals surface area (Å²) < 4.78 is 69.5. The lowest BCUT2D eigenvalue weighted by Crippen LogP contribution is -2.28. The maximum atomic E-state index is 13.9. The highest BCUT2D eigenvalue weighted by atomic mass is 19.4. The molecule has 2 aromatic rings. The number of pyridine rings is 1. The SMILES string of the molecule is CC(C)c1c(C(F)(F)F)c2cc(CCN3CCC(F)(F)C3)ccc2n(C)c1=O. The lowest BCUT2D eigenvalue weighted by atomic mass is 9.93. The fraction of sp³-hybridized carbons (Fsp3) is 0.550. The van der Waals surface area contributed by atoms with Crippen LogP contribution in [0.4, 0.5) is 22.0 Å². The third-order valence-electron chi connectivity index (χ3n) is 5.32. The molecule has 1 aromatic heterocycles. The molecule has 0 radical (unpaired) electrons. The molecule has 0 aliphatic carbocycles. The Balaban J connectivity index is 2.05. The number of likely N-dealkylation sites (tertiary alicyclic amines) is 1. The number of halogens is 5. The van der Waals surface area contributed by atoms with E-state index in [9.17, 15) is 26.7 Å². The van der Waals surface area contributed by atoms with Crippen molar-refractivity contribution in [3.63, 3.8) is 0 Å². The van der Waals surface area contributed by atoms with Crippen molar-refractivity contribution in [3.8, 4) is 0 Å². The van der Waals surface area contributed by atoms with Crippen LogP contribution in [-0.4, -0.2) is 35.0 Å². The molecule has 1 saturated heterocycles. The Hall–Kier alpha value is -1.96. The summed E-state index contributed by atoms with van der Waals surface area (Å²) in [6.45, 7) is 3.44. The van der Waals surface area contributed by atoms with Crippen molar-refractivity contribution in [2.75, 3.05) is 19.6 Å². The Morgan fingerprint density at radius 2 is 1.89 bits per heavy atom. The van der Waals surface area contributed by atoms with Gasteiger partial charge in [-0.2, -0.15) is 13.2 Å². The molecule has 0 amide bonds. The van der Waals surface area contributed by atoms with E-state index in [1.54, 1.807) is 24.8 Å². The first-order chi connectivity index (χ1) is 12.9. The first kappa shape index (κ1) is 20.8. The Morgan fingerprint density at radius 3 is 2.43 bits per heavy atom. The average Bonchev–Trinajstić information content (AvgIpc) is 2.93. The molecule has 0 saturated carbocycles. The molecule has 0 N–H and O–H groups in total. The van der Waals surface area contributed by atoms with Gasteiger partial charge in [-0.1, -0.05) is 19.9 Å². The zero-order valence-electron chi connectivity index (χ0n) is 16.0. The highest BCUT2D eigenvalue weighted by molar-refractivity contribution is 5.85. The number of rotatable bonds is 4. The minimum absolute atomic E-state index is 0.0254. The summed E-state index contributed by atoms with van der Waals surface area (Å²) in [6, 6.07) is 4.60. The number of benzene rings is 1. The van der Waals surface area contributed by atoms with Gasteiger partial charge in [0.25, 0.3) is 11.5 Å². The largest absolute Gasteiger partial charge is 0.417 e. The van der Waals surface area contributed by atoms with Crippen molar-refractivity contribution in [2.45, 2.75) is 44.7 Å². The van der Waals surface area contributed by atoms with Crippen LogP contribution < -0.4 is 5.56 Å². The number of aryl methyl sites for hydroxylation is 1. The van der Waals surface area contributed by atoms with E-state index < -0.39 is 29.1 Å². The third kappa shape index (κ3) is 3.92. The number of hydrogen-bond donors (Lipinski definition) is 0. The van der Waals surface area contributed by atoms with Gasteiger partial charge in [-0.25, -0.2) is 8.78 Å². The lowest BCUT2D eigenvalue weighted by Gasteiger charge is -2.21. The highest BCUT2D eigenvalue weighted by Crippen LogP contribution is 2.38. The van der Waals surface area contributed by atoms with E-state index in [2.05, 4.69) is 0 Å². The van der Waals surface area contributed by atoms with E-state index in [0.29, 0.717) is 18.5 Å². The van der Waals surface area contributed by atoms with Gasteiger partial charge in [0.05, 0.1) is 17.6 Å². The molecule has 1 fully saturated rings. The molecule has 3 nitrogen and oxygen atoms in total. The molecule has 0 bridgehead atoms. The van der Waals surface area contributed by atoms with Gasteiger partial charge in [-0.15, -0.1) is 0 Å². The van der Waals surface area contributed by atoms with Crippen LogP contribution in [-0.2, 0) is 19.6 Å². The summed E-state index contributed by atoms with van der Waals surface area (Å²) in [5, 5.41) is -0.0254. The average molecular weight is 402 g/mol. The first-order valence-electron chi connectivity index (χ1n) is 9.23. The zero-order valence-corrected chi connectivity index (χ0v) is 16.0. The minimum atomic E-state index is -4.67. The van der Waals surface area contributed by atoms with E-state index in [4.69, 9.17) is 0 Å². The quantitative estimate of drug-likeness (QED) is 0.701. The molecule has 0 spiro atoms. The maximum absolute atomic E-state index is 13.9. The van der Waals surface area contributed by atoms with E-state index in [-0.39, 0.29) is 36.0 Å². The van der Waals surface area contributed by atoms with Crippen LogP contribution >= 0.6 is 0 Å². The number of hydrogen-bond acceptors (Lipinski definition) is 2. The number of aromatic nitrogens is 1. The molecule has 3 rings (SSSR count). The summed E-state index contributed by atoms with van der Waals surface area (Å²) in [5.74, 6) is -3.28. The van der Waals surface area contributed by atoms with Crippen LogP contribution in [0.25, 0.3) is 10.9 Å². The molecule has 28 heavy (non-hydrogen) atoms. The Morgan fingerprint density at radius 1 is 1.21 bits per heavy atom. The van der Waals surface area contributed by atoms with Crippen molar-refractivity contribution in [1.82, 2.24) is 9.47 Å². The number of nitrogens with zero attached hydrogens (tertiary/aromatic N) is 2. The van der Waals surface area contributed by atoms with Crippen molar-refractivity contribution in [3.05, 3.63) is 45.2 Å². The van der Waals surface area contributed by atoms with Gasteiger partial charge in [-0.05, 0) is 30.0 Å². The molecule has 0 unspecified atom stereocenters. The summed E-state index contributed by atoms with van der Waals surface area (Å²) in [5.41, 5.74) is -0.962. The van der Waals surface area contributed by atoms with Crippen molar-refractivity contribution in [1.29, 1.82) is 0 Å². The van der Waals surface area contributed by atoms with Crippen LogP contribution in [0.5, 0.6) is 0 Å².